The van der Waals surface area contributed by atoms with E-state index in [1.165, 1.54) is 5.56 Å². The van der Waals surface area contributed by atoms with Gasteiger partial charge in [0.15, 0.2) is 5.79 Å². The van der Waals surface area contributed by atoms with Crippen LogP contribution in [0.1, 0.15) is 65.1 Å². The molecule has 0 bridgehead atoms. The number of benzene rings is 2. The molecule has 34 heavy (non-hydrogen) atoms. The Hall–Kier alpha value is -2.47. The fraction of sp³-hybridized carbons (Fsp3) is 0.483. The highest BCUT2D eigenvalue weighted by Gasteiger charge is 2.47. The molecule has 2 aromatic rings. The second kappa shape index (κ2) is 10.9. The largest absolute Gasteiger partial charge is 0.460 e. The zero-order valence-corrected chi connectivity index (χ0v) is 21.4. The number of nitrogens with zero attached hydrogens (tertiary/aromatic N) is 1. The Bertz CT molecular complexity index is 936. The molecule has 1 saturated heterocycles. The molecule has 3 rings (SSSR count). The first-order valence-electron chi connectivity index (χ1n) is 12.0. The summed E-state index contributed by atoms with van der Waals surface area (Å²) in [7, 11) is 0. The molecule has 5 nitrogen and oxygen atoms in total. The Balaban J connectivity index is 2.03. The van der Waals surface area contributed by atoms with Gasteiger partial charge in [-0.2, -0.15) is 0 Å². The lowest BCUT2D eigenvalue weighted by molar-refractivity contribution is -0.164. The second-order valence-electron chi connectivity index (χ2n) is 10.4. The predicted octanol–water partition coefficient (Wildman–Crippen LogP) is 6.06. The van der Waals surface area contributed by atoms with Gasteiger partial charge in [0.25, 0.3) is 0 Å². The minimum atomic E-state index is -0.774. The van der Waals surface area contributed by atoms with Crippen molar-refractivity contribution in [1.82, 2.24) is 4.90 Å². The summed E-state index contributed by atoms with van der Waals surface area (Å²) in [6.07, 6.45) is 1.23. The van der Waals surface area contributed by atoms with E-state index in [2.05, 4.69) is 42.7 Å². The summed E-state index contributed by atoms with van der Waals surface area (Å²) in [6, 6.07) is 20.4. The molecule has 0 spiro atoms. The lowest BCUT2D eigenvalue weighted by Crippen LogP contribution is -2.49. The zero-order chi connectivity index (χ0) is 24.9. The minimum absolute atomic E-state index is 0.0200. The Morgan fingerprint density at radius 2 is 1.68 bits per heavy atom. The van der Waals surface area contributed by atoms with Crippen LogP contribution in [0.15, 0.2) is 73.3 Å². The molecule has 184 valence electrons. The van der Waals surface area contributed by atoms with E-state index in [9.17, 15) is 4.79 Å². The van der Waals surface area contributed by atoms with Gasteiger partial charge in [-0.1, -0.05) is 66.7 Å². The summed E-state index contributed by atoms with van der Waals surface area (Å²) in [5.74, 6) is -1.03. The fourth-order valence-corrected chi connectivity index (χ4v) is 4.53. The summed E-state index contributed by atoms with van der Waals surface area (Å²) >= 11 is 0. The van der Waals surface area contributed by atoms with Crippen molar-refractivity contribution in [3.8, 4) is 0 Å². The van der Waals surface area contributed by atoms with Gasteiger partial charge >= 0.3 is 5.97 Å². The average molecular weight is 466 g/mol. The van der Waals surface area contributed by atoms with E-state index in [1.54, 1.807) is 6.08 Å². The van der Waals surface area contributed by atoms with E-state index >= 15 is 0 Å². The van der Waals surface area contributed by atoms with E-state index in [-0.39, 0.29) is 36.7 Å². The fourth-order valence-electron chi connectivity index (χ4n) is 4.53. The molecule has 4 atom stereocenters. The lowest BCUT2D eigenvalue weighted by Gasteiger charge is -2.40. The van der Waals surface area contributed by atoms with Gasteiger partial charge in [0.1, 0.15) is 17.8 Å². The van der Waals surface area contributed by atoms with E-state index < -0.39 is 11.4 Å². The SMILES string of the molecule is C=C[C@H]1OC(C)(C)O[C@@H]1[C@H](CC(=O)OC(C)(C)C)N(Cc1ccccc1)[C@@H](C)c1ccccc1. The van der Waals surface area contributed by atoms with Gasteiger partial charge in [-0.05, 0) is 52.7 Å². The van der Waals surface area contributed by atoms with Gasteiger partial charge in [0.05, 0.1) is 12.5 Å². The first-order valence-corrected chi connectivity index (χ1v) is 12.0. The molecule has 0 unspecified atom stereocenters. The van der Waals surface area contributed by atoms with Crippen molar-refractivity contribution >= 4 is 5.97 Å². The topological polar surface area (TPSA) is 48.0 Å². The number of rotatable bonds is 9. The van der Waals surface area contributed by atoms with Crippen molar-refractivity contribution in [1.29, 1.82) is 0 Å². The molecule has 0 aromatic heterocycles. The van der Waals surface area contributed by atoms with Gasteiger partial charge in [-0.25, -0.2) is 0 Å². The highest BCUT2D eigenvalue weighted by atomic mass is 16.8. The number of carbonyl (C=O) groups is 1. The van der Waals surface area contributed by atoms with Gasteiger partial charge in [0.2, 0.25) is 0 Å². The Kier molecular flexibility index (Phi) is 8.34. The third-order valence-corrected chi connectivity index (χ3v) is 5.98. The second-order valence-corrected chi connectivity index (χ2v) is 10.4. The average Bonchev–Trinajstić information content (AvgIpc) is 3.10. The Morgan fingerprint density at radius 1 is 1.09 bits per heavy atom. The van der Waals surface area contributed by atoms with Crippen LogP contribution in [0.4, 0.5) is 0 Å². The van der Waals surface area contributed by atoms with E-state index in [0.29, 0.717) is 6.54 Å². The highest BCUT2D eigenvalue weighted by Crippen LogP contribution is 2.37. The van der Waals surface area contributed by atoms with E-state index in [4.69, 9.17) is 14.2 Å². The molecule has 2 aromatic carbocycles. The number of esters is 1. The number of carbonyl (C=O) groups excluding carboxylic acids is 1. The molecule has 1 fully saturated rings. The summed E-state index contributed by atoms with van der Waals surface area (Å²) in [4.78, 5) is 15.5. The van der Waals surface area contributed by atoms with Gasteiger partial charge in [-0.15, -0.1) is 6.58 Å². The summed E-state index contributed by atoms with van der Waals surface area (Å²) in [5.41, 5.74) is 1.76. The van der Waals surface area contributed by atoms with Crippen molar-refractivity contribution in [2.45, 2.75) is 90.2 Å². The molecular weight excluding hydrogens is 426 g/mol. The molecule has 1 aliphatic heterocycles. The molecular formula is C29H39NO4. The standard InChI is InChI=1S/C29H39NO4/c1-8-25-27(34-29(6,7)32-25)24(19-26(31)33-28(3,4)5)30(20-22-15-11-9-12-16-22)21(2)23-17-13-10-14-18-23/h8-18,21,24-25,27H,1,19-20H2,2-7H3/t21-,24-,25+,27+/m0/s1. The Labute approximate surface area is 204 Å². The maximum atomic E-state index is 13.1. The van der Waals surface area contributed by atoms with E-state index in [0.717, 1.165) is 5.56 Å². The number of ether oxygens (including phenoxy) is 3. The number of hydrogen-bond donors (Lipinski definition) is 0. The molecule has 1 aliphatic rings. The zero-order valence-electron chi connectivity index (χ0n) is 21.4. The third-order valence-electron chi connectivity index (χ3n) is 5.98. The van der Waals surface area contributed by atoms with Gasteiger partial charge in [-0.3, -0.25) is 9.69 Å². The normalized spacial score (nSPS) is 21.7. The van der Waals surface area contributed by atoms with Crippen LogP contribution in [-0.4, -0.2) is 40.5 Å². The van der Waals surface area contributed by atoms with Crippen LogP contribution in [0, 0.1) is 0 Å². The van der Waals surface area contributed by atoms with Crippen LogP contribution in [0.5, 0.6) is 0 Å². The molecule has 0 amide bonds. The predicted molar refractivity (Wildman–Crippen MR) is 135 cm³/mol. The molecule has 0 N–H and O–H groups in total. The van der Waals surface area contributed by atoms with Crippen molar-refractivity contribution in [3.63, 3.8) is 0 Å². The third kappa shape index (κ3) is 7.02. The summed E-state index contributed by atoms with van der Waals surface area (Å²) < 4.78 is 18.3. The Morgan fingerprint density at radius 3 is 2.24 bits per heavy atom. The van der Waals surface area contributed by atoms with Crippen molar-refractivity contribution in [2.24, 2.45) is 0 Å². The molecule has 5 heteroatoms. The molecule has 0 aliphatic carbocycles. The van der Waals surface area contributed by atoms with Crippen molar-refractivity contribution < 1.29 is 19.0 Å². The van der Waals surface area contributed by atoms with Crippen molar-refractivity contribution in [3.05, 3.63) is 84.4 Å². The van der Waals surface area contributed by atoms with Crippen LogP contribution in [0.2, 0.25) is 0 Å². The molecule has 1 heterocycles. The van der Waals surface area contributed by atoms with Gasteiger partial charge in [0, 0.05) is 12.6 Å². The number of hydrogen-bond acceptors (Lipinski definition) is 5. The van der Waals surface area contributed by atoms with Crippen LogP contribution >= 0.6 is 0 Å². The quantitative estimate of drug-likeness (QED) is 0.333. The van der Waals surface area contributed by atoms with Crippen molar-refractivity contribution in [2.75, 3.05) is 0 Å². The van der Waals surface area contributed by atoms with Crippen LogP contribution in [-0.2, 0) is 25.5 Å². The molecule has 0 radical (unpaired) electrons. The van der Waals surface area contributed by atoms with E-state index in [1.807, 2.05) is 71.0 Å². The lowest BCUT2D eigenvalue weighted by atomic mass is 9.95. The summed E-state index contributed by atoms with van der Waals surface area (Å²) in [5, 5.41) is 0. The van der Waals surface area contributed by atoms with Gasteiger partial charge < -0.3 is 14.2 Å². The highest BCUT2D eigenvalue weighted by molar-refractivity contribution is 5.70. The van der Waals surface area contributed by atoms with Crippen LogP contribution in [0.3, 0.4) is 0 Å². The summed E-state index contributed by atoms with van der Waals surface area (Å²) in [6.45, 7) is 16.3. The molecule has 0 saturated carbocycles. The first kappa shape index (κ1) is 26.1. The monoisotopic (exact) mass is 465 g/mol. The maximum absolute atomic E-state index is 13.1. The smallest absolute Gasteiger partial charge is 0.308 e. The van der Waals surface area contributed by atoms with Crippen LogP contribution < -0.4 is 0 Å². The maximum Gasteiger partial charge on any atom is 0.308 e. The van der Waals surface area contributed by atoms with Crippen LogP contribution in [0.25, 0.3) is 0 Å². The minimum Gasteiger partial charge on any atom is -0.460 e. The first-order chi connectivity index (χ1) is 16.0.